The highest BCUT2D eigenvalue weighted by Crippen LogP contribution is 2.32. The second kappa shape index (κ2) is 8.40. The molecule has 0 bridgehead atoms. The van der Waals surface area contributed by atoms with Crippen molar-refractivity contribution in [2.45, 2.75) is 0 Å². The zero-order valence-corrected chi connectivity index (χ0v) is 16.3. The number of halogens is 2. The van der Waals surface area contributed by atoms with Crippen molar-refractivity contribution in [2.75, 3.05) is 19.6 Å². The summed E-state index contributed by atoms with van der Waals surface area (Å²) in [5.74, 6) is 1.39. The second-order valence-corrected chi connectivity index (χ2v) is 6.84. The van der Waals surface area contributed by atoms with Gasteiger partial charge in [-0.3, -0.25) is 5.43 Å². The molecule has 5 nitrogen and oxygen atoms in total. The largest absolute Gasteiger partial charge is 0.497 e. The Hall–Kier alpha value is -2.28. The van der Waals surface area contributed by atoms with Gasteiger partial charge in [0, 0.05) is 27.6 Å². The van der Waals surface area contributed by atoms with Gasteiger partial charge in [0.25, 0.3) is 0 Å². The van der Waals surface area contributed by atoms with E-state index in [1.165, 1.54) is 11.3 Å². The van der Waals surface area contributed by atoms with Crippen molar-refractivity contribution in [3.8, 4) is 22.8 Å². The Morgan fingerprint density at radius 2 is 1.96 bits per heavy atom. The van der Waals surface area contributed by atoms with Gasteiger partial charge in [-0.1, -0.05) is 23.2 Å². The molecule has 0 amide bonds. The van der Waals surface area contributed by atoms with Gasteiger partial charge in [-0.15, -0.1) is 11.3 Å². The molecule has 0 saturated carbocycles. The first-order valence-corrected chi connectivity index (χ1v) is 9.16. The number of nitrogens with one attached hydrogen (secondary N) is 1. The number of aromatic nitrogens is 1. The summed E-state index contributed by atoms with van der Waals surface area (Å²) in [4.78, 5) is 4.49. The maximum atomic E-state index is 6.22. The normalized spacial score (nSPS) is 10.9. The van der Waals surface area contributed by atoms with Crippen molar-refractivity contribution >= 4 is 45.9 Å². The van der Waals surface area contributed by atoms with Crippen LogP contribution < -0.4 is 14.9 Å². The highest BCUT2D eigenvalue weighted by molar-refractivity contribution is 7.14. The van der Waals surface area contributed by atoms with E-state index in [4.69, 9.17) is 32.7 Å². The van der Waals surface area contributed by atoms with E-state index in [-0.39, 0.29) is 0 Å². The summed E-state index contributed by atoms with van der Waals surface area (Å²) in [5, 5.41) is 7.91. The van der Waals surface area contributed by atoms with E-state index in [9.17, 15) is 0 Å². The molecule has 0 atom stereocenters. The van der Waals surface area contributed by atoms with Gasteiger partial charge < -0.3 is 9.47 Å². The van der Waals surface area contributed by atoms with Gasteiger partial charge >= 0.3 is 0 Å². The van der Waals surface area contributed by atoms with Gasteiger partial charge in [-0.2, -0.15) is 5.10 Å². The van der Waals surface area contributed by atoms with Crippen molar-refractivity contribution < 1.29 is 9.47 Å². The van der Waals surface area contributed by atoms with Crippen LogP contribution in [0, 0.1) is 0 Å². The fraction of sp³-hybridized carbons (Fsp3) is 0.111. The van der Waals surface area contributed by atoms with Crippen LogP contribution in [0.15, 0.2) is 46.9 Å². The zero-order valence-electron chi connectivity index (χ0n) is 14.0. The average Bonchev–Trinajstić information content (AvgIpc) is 3.10. The number of rotatable bonds is 6. The Morgan fingerprint density at radius 1 is 1.12 bits per heavy atom. The van der Waals surface area contributed by atoms with Crippen molar-refractivity contribution in [3.05, 3.63) is 57.4 Å². The van der Waals surface area contributed by atoms with Crippen LogP contribution >= 0.6 is 34.5 Å². The number of hydrogen-bond donors (Lipinski definition) is 1. The van der Waals surface area contributed by atoms with Gasteiger partial charge in [0.05, 0.1) is 31.2 Å². The summed E-state index contributed by atoms with van der Waals surface area (Å²) in [7, 11) is 3.21. The van der Waals surface area contributed by atoms with Crippen LogP contribution in [0.4, 0.5) is 5.13 Å². The molecule has 3 rings (SSSR count). The Bertz CT molecular complexity index is 944. The lowest BCUT2D eigenvalue weighted by Crippen LogP contribution is -1.95. The first-order chi connectivity index (χ1) is 12.6. The minimum Gasteiger partial charge on any atom is -0.497 e. The van der Waals surface area contributed by atoms with Crippen molar-refractivity contribution in [1.29, 1.82) is 0 Å². The molecule has 0 unspecified atom stereocenters. The first kappa shape index (κ1) is 18.5. The summed E-state index contributed by atoms with van der Waals surface area (Å²) >= 11 is 13.6. The number of methoxy groups -OCH3 is 2. The van der Waals surface area contributed by atoms with Gasteiger partial charge in [0.2, 0.25) is 5.13 Å². The smallest absolute Gasteiger partial charge is 0.203 e. The van der Waals surface area contributed by atoms with Gasteiger partial charge in [-0.25, -0.2) is 4.98 Å². The lowest BCUT2D eigenvalue weighted by Gasteiger charge is -2.06. The summed E-state index contributed by atoms with van der Waals surface area (Å²) in [6, 6.07) is 10.8. The Kier molecular flexibility index (Phi) is 5.98. The Balaban J connectivity index is 1.73. The number of benzene rings is 2. The third kappa shape index (κ3) is 4.27. The molecular formula is C18H15Cl2N3O2S. The van der Waals surface area contributed by atoms with Gasteiger partial charge in [-0.05, 0) is 30.3 Å². The SMILES string of the molecule is COc1ccc(/C=N/Nc2nc(-c3ccc(Cl)cc3Cl)cs2)c(OC)c1. The Labute approximate surface area is 165 Å². The molecule has 0 spiro atoms. The predicted octanol–water partition coefficient (Wildman–Crippen LogP) is 5.58. The lowest BCUT2D eigenvalue weighted by molar-refractivity contribution is 0.394. The van der Waals surface area contributed by atoms with Crippen molar-refractivity contribution in [1.82, 2.24) is 4.98 Å². The predicted molar refractivity (Wildman–Crippen MR) is 108 cm³/mol. The quantitative estimate of drug-likeness (QED) is 0.427. The molecule has 1 N–H and O–H groups in total. The fourth-order valence-corrected chi connectivity index (χ4v) is 3.39. The fourth-order valence-electron chi connectivity index (χ4n) is 2.23. The minimum absolute atomic E-state index is 0.556. The lowest BCUT2D eigenvalue weighted by atomic mass is 10.2. The number of nitrogens with zero attached hydrogens (tertiary/aromatic N) is 2. The summed E-state index contributed by atoms with van der Waals surface area (Å²) in [6.45, 7) is 0. The Morgan fingerprint density at radius 3 is 2.69 bits per heavy atom. The van der Waals surface area contributed by atoms with Crippen LogP contribution in [0.2, 0.25) is 10.0 Å². The van der Waals surface area contributed by atoms with Crippen LogP contribution in [-0.2, 0) is 0 Å². The van der Waals surface area contributed by atoms with E-state index in [0.29, 0.717) is 20.9 Å². The summed E-state index contributed by atoms with van der Waals surface area (Å²) in [5.41, 5.74) is 5.31. The van der Waals surface area contributed by atoms with E-state index in [2.05, 4.69) is 15.5 Å². The topological polar surface area (TPSA) is 55.7 Å². The van der Waals surface area contributed by atoms with Crippen LogP contribution in [-0.4, -0.2) is 25.4 Å². The molecule has 2 aromatic carbocycles. The zero-order chi connectivity index (χ0) is 18.5. The first-order valence-electron chi connectivity index (χ1n) is 7.52. The molecule has 26 heavy (non-hydrogen) atoms. The molecule has 3 aromatic rings. The van der Waals surface area contributed by atoms with Crippen LogP contribution in [0.25, 0.3) is 11.3 Å². The molecule has 0 fully saturated rings. The molecule has 0 radical (unpaired) electrons. The van der Waals surface area contributed by atoms with E-state index >= 15 is 0 Å². The van der Waals surface area contributed by atoms with E-state index < -0.39 is 0 Å². The van der Waals surface area contributed by atoms with Crippen LogP contribution in [0.5, 0.6) is 11.5 Å². The minimum atomic E-state index is 0.556. The molecule has 1 heterocycles. The van der Waals surface area contributed by atoms with Crippen molar-refractivity contribution in [3.63, 3.8) is 0 Å². The molecule has 0 aliphatic heterocycles. The third-order valence-electron chi connectivity index (χ3n) is 3.52. The molecule has 0 aliphatic carbocycles. The maximum Gasteiger partial charge on any atom is 0.203 e. The molecule has 134 valence electrons. The summed E-state index contributed by atoms with van der Waals surface area (Å²) < 4.78 is 10.5. The van der Waals surface area contributed by atoms with Crippen LogP contribution in [0.1, 0.15) is 5.56 Å². The number of anilines is 1. The van der Waals surface area contributed by atoms with E-state index in [0.717, 1.165) is 22.6 Å². The van der Waals surface area contributed by atoms with E-state index in [1.807, 2.05) is 23.6 Å². The number of ether oxygens (including phenoxy) is 2. The summed E-state index contributed by atoms with van der Waals surface area (Å²) in [6.07, 6.45) is 1.66. The monoisotopic (exact) mass is 407 g/mol. The molecule has 8 heteroatoms. The standard InChI is InChI=1S/C18H15Cl2N3O2S/c1-24-13-5-3-11(17(8-13)25-2)9-21-23-18-22-16(10-26-18)14-6-4-12(19)7-15(14)20/h3-10H,1-2H3,(H,22,23)/b21-9+. The van der Waals surface area contributed by atoms with Gasteiger partial charge in [0.15, 0.2) is 0 Å². The van der Waals surface area contributed by atoms with Crippen LogP contribution in [0.3, 0.4) is 0 Å². The number of hydrogen-bond acceptors (Lipinski definition) is 6. The third-order valence-corrected chi connectivity index (χ3v) is 4.81. The molecule has 0 saturated heterocycles. The average molecular weight is 408 g/mol. The van der Waals surface area contributed by atoms with Gasteiger partial charge in [0.1, 0.15) is 11.5 Å². The highest BCUT2D eigenvalue weighted by atomic mass is 35.5. The maximum absolute atomic E-state index is 6.22. The highest BCUT2D eigenvalue weighted by Gasteiger charge is 2.09. The molecule has 0 aliphatic rings. The molecule has 1 aromatic heterocycles. The molecular weight excluding hydrogens is 393 g/mol. The number of hydrazone groups is 1. The second-order valence-electron chi connectivity index (χ2n) is 5.14. The van der Waals surface area contributed by atoms with Crippen molar-refractivity contribution in [2.24, 2.45) is 5.10 Å². The number of thiazole rings is 1. The van der Waals surface area contributed by atoms with E-state index in [1.54, 1.807) is 38.6 Å².